The molecule has 0 amide bonds. The molecule has 108 valence electrons. The van der Waals surface area contributed by atoms with E-state index >= 15 is 0 Å². The van der Waals surface area contributed by atoms with E-state index in [1.165, 1.54) is 0 Å². The monoisotopic (exact) mass is 268 g/mol. The first-order valence-electron chi connectivity index (χ1n) is 6.73. The molecule has 0 aromatic heterocycles. The predicted octanol–water partition coefficient (Wildman–Crippen LogP) is 2.56. The van der Waals surface area contributed by atoms with E-state index in [9.17, 15) is 5.11 Å². The Morgan fingerprint density at radius 2 is 1.68 bits per heavy atom. The van der Waals surface area contributed by atoms with Crippen molar-refractivity contribution in [1.82, 2.24) is 0 Å². The lowest BCUT2D eigenvalue weighted by Gasteiger charge is -2.13. The zero-order valence-electron chi connectivity index (χ0n) is 12.0. The summed E-state index contributed by atoms with van der Waals surface area (Å²) in [6.07, 6.45) is -0.465. The topological polar surface area (TPSA) is 47.9 Å². The van der Waals surface area contributed by atoms with Crippen LogP contribution in [0.5, 0.6) is 5.75 Å². The molecule has 1 atom stereocenters. The molecule has 0 spiro atoms. The minimum Gasteiger partial charge on any atom is -0.491 e. The summed E-state index contributed by atoms with van der Waals surface area (Å²) in [4.78, 5) is 0. The van der Waals surface area contributed by atoms with E-state index in [4.69, 9.17) is 14.2 Å². The van der Waals surface area contributed by atoms with Crippen molar-refractivity contribution in [2.75, 3.05) is 26.4 Å². The van der Waals surface area contributed by atoms with Crippen LogP contribution in [0.1, 0.15) is 32.4 Å². The third kappa shape index (κ3) is 6.57. The molecule has 1 N–H and O–H groups in total. The molecule has 4 nitrogen and oxygen atoms in total. The average Bonchev–Trinajstić information content (AvgIpc) is 2.38. The van der Waals surface area contributed by atoms with Crippen LogP contribution in [-0.2, 0) is 9.47 Å². The van der Waals surface area contributed by atoms with Gasteiger partial charge in [0.25, 0.3) is 0 Å². The highest BCUT2D eigenvalue weighted by Crippen LogP contribution is 2.18. The van der Waals surface area contributed by atoms with Crippen LogP contribution in [0.3, 0.4) is 0 Å². The number of aliphatic hydroxyl groups excluding tert-OH is 1. The Kier molecular flexibility index (Phi) is 7.48. The van der Waals surface area contributed by atoms with Crippen molar-refractivity contribution >= 4 is 0 Å². The van der Waals surface area contributed by atoms with Crippen LogP contribution in [0.4, 0.5) is 0 Å². The van der Waals surface area contributed by atoms with Crippen LogP contribution in [0.15, 0.2) is 24.3 Å². The number of benzene rings is 1. The van der Waals surface area contributed by atoms with Crippen molar-refractivity contribution in [2.24, 2.45) is 0 Å². The van der Waals surface area contributed by atoms with Gasteiger partial charge in [-0.05, 0) is 38.5 Å². The van der Waals surface area contributed by atoms with Gasteiger partial charge in [-0.25, -0.2) is 0 Å². The summed E-state index contributed by atoms with van der Waals surface area (Å²) in [5.41, 5.74) is 0.826. The molecule has 0 aliphatic heterocycles. The van der Waals surface area contributed by atoms with Gasteiger partial charge in [-0.15, -0.1) is 0 Å². The third-order valence-corrected chi connectivity index (χ3v) is 2.49. The highest BCUT2D eigenvalue weighted by molar-refractivity contribution is 5.28. The summed E-state index contributed by atoms with van der Waals surface area (Å²) >= 11 is 0. The number of aliphatic hydroxyl groups is 1. The van der Waals surface area contributed by atoms with Crippen molar-refractivity contribution in [3.8, 4) is 5.75 Å². The molecule has 19 heavy (non-hydrogen) atoms. The van der Waals surface area contributed by atoms with Crippen molar-refractivity contribution < 1.29 is 19.3 Å². The Labute approximate surface area is 115 Å². The van der Waals surface area contributed by atoms with Crippen LogP contribution in [0.25, 0.3) is 0 Å². The second-order valence-electron chi connectivity index (χ2n) is 4.52. The van der Waals surface area contributed by atoms with Gasteiger partial charge in [0.1, 0.15) is 11.9 Å². The molecule has 1 rings (SSSR count). The van der Waals surface area contributed by atoms with Gasteiger partial charge < -0.3 is 19.3 Å². The standard InChI is InChI=1S/C15H24O4/c1-4-17-9-10-18-11-15(16)13-5-7-14(8-6-13)19-12(2)3/h5-8,12,15-16H,4,9-11H2,1-3H3. The Balaban J connectivity index is 2.33. The summed E-state index contributed by atoms with van der Waals surface area (Å²) in [5.74, 6) is 0.809. The smallest absolute Gasteiger partial charge is 0.119 e. The van der Waals surface area contributed by atoms with Gasteiger partial charge in [0.05, 0.1) is 25.9 Å². The maximum Gasteiger partial charge on any atom is 0.119 e. The molecule has 1 aromatic carbocycles. The Hall–Kier alpha value is -1.10. The summed E-state index contributed by atoms with van der Waals surface area (Å²) in [7, 11) is 0. The van der Waals surface area contributed by atoms with E-state index in [2.05, 4.69) is 0 Å². The SMILES string of the molecule is CCOCCOCC(O)c1ccc(OC(C)C)cc1. The second kappa shape index (κ2) is 8.91. The maximum absolute atomic E-state index is 9.94. The molecule has 0 fully saturated rings. The minimum absolute atomic E-state index is 0.151. The first kappa shape index (κ1) is 16.0. The average molecular weight is 268 g/mol. The number of hydrogen-bond acceptors (Lipinski definition) is 4. The number of hydrogen-bond donors (Lipinski definition) is 1. The second-order valence-corrected chi connectivity index (χ2v) is 4.52. The Morgan fingerprint density at radius 1 is 1.05 bits per heavy atom. The van der Waals surface area contributed by atoms with Gasteiger partial charge in [0, 0.05) is 6.61 Å². The lowest BCUT2D eigenvalue weighted by molar-refractivity contribution is 0.00530. The molecule has 0 aliphatic rings. The Bertz CT molecular complexity index is 335. The molecular formula is C15H24O4. The van der Waals surface area contributed by atoms with Gasteiger partial charge in [-0.2, -0.15) is 0 Å². The van der Waals surface area contributed by atoms with Crippen molar-refractivity contribution in [2.45, 2.75) is 33.0 Å². The van der Waals surface area contributed by atoms with E-state index in [1.807, 2.05) is 45.0 Å². The molecule has 0 heterocycles. The van der Waals surface area contributed by atoms with Crippen LogP contribution in [0.2, 0.25) is 0 Å². The van der Waals surface area contributed by atoms with Crippen molar-refractivity contribution in [1.29, 1.82) is 0 Å². The summed E-state index contributed by atoms with van der Waals surface area (Å²) in [5, 5.41) is 9.94. The maximum atomic E-state index is 9.94. The molecule has 0 saturated carbocycles. The molecule has 4 heteroatoms. The molecule has 0 bridgehead atoms. The van der Waals surface area contributed by atoms with Crippen LogP contribution in [0, 0.1) is 0 Å². The van der Waals surface area contributed by atoms with Gasteiger partial charge >= 0.3 is 0 Å². The lowest BCUT2D eigenvalue weighted by atomic mass is 10.1. The van der Waals surface area contributed by atoms with E-state index in [0.29, 0.717) is 19.8 Å². The third-order valence-electron chi connectivity index (χ3n) is 2.49. The van der Waals surface area contributed by atoms with Crippen LogP contribution < -0.4 is 4.74 Å². The highest BCUT2D eigenvalue weighted by atomic mass is 16.5. The van der Waals surface area contributed by atoms with Crippen LogP contribution in [-0.4, -0.2) is 37.6 Å². The Morgan fingerprint density at radius 3 is 2.26 bits per heavy atom. The van der Waals surface area contributed by atoms with Gasteiger partial charge in [0.2, 0.25) is 0 Å². The fraction of sp³-hybridized carbons (Fsp3) is 0.600. The number of ether oxygens (including phenoxy) is 3. The molecular weight excluding hydrogens is 244 g/mol. The number of rotatable bonds is 9. The first-order valence-corrected chi connectivity index (χ1v) is 6.73. The first-order chi connectivity index (χ1) is 9.13. The minimum atomic E-state index is -0.616. The zero-order chi connectivity index (χ0) is 14.1. The van der Waals surface area contributed by atoms with E-state index in [1.54, 1.807) is 0 Å². The highest BCUT2D eigenvalue weighted by Gasteiger charge is 2.08. The lowest BCUT2D eigenvalue weighted by Crippen LogP contribution is -2.11. The molecule has 1 aromatic rings. The zero-order valence-corrected chi connectivity index (χ0v) is 12.0. The predicted molar refractivity (Wildman–Crippen MR) is 74.5 cm³/mol. The van der Waals surface area contributed by atoms with E-state index in [0.717, 1.165) is 11.3 Å². The largest absolute Gasteiger partial charge is 0.491 e. The summed E-state index contributed by atoms with van der Waals surface area (Å²) in [6, 6.07) is 7.43. The van der Waals surface area contributed by atoms with Gasteiger partial charge in [-0.1, -0.05) is 12.1 Å². The molecule has 0 radical (unpaired) electrons. The fourth-order valence-corrected chi connectivity index (χ4v) is 1.59. The van der Waals surface area contributed by atoms with E-state index in [-0.39, 0.29) is 12.7 Å². The van der Waals surface area contributed by atoms with Crippen molar-refractivity contribution in [3.63, 3.8) is 0 Å². The molecule has 1 unspecified atom stereocenters. The van der Waals surface area contributed by atoms with E-state index < -0.39 is 6.10 Å². The van der Waals surface area contributed by atoms with Crippen LogP contribution >= 0.6 is 0 Å². The molecule has 0 saturated heterocycles. The van der Waals surface area contributed by atoms with Gasteiger partial charge in [0.15, 0.2) is 0 Å². The normalized spacial score (nSPS) is 12.7. The fourth-order valence-electron chi connectivity index (χ4n) is 1.59. The summed E-state index contributed by atoms with van der Waals surface area (Å²) in [6.45, 7) is 7.92. The quantitative estimate of drug-likeness (QED) is 0.699. The van der Waals surface area contributed by atoms with Gasteiger partial charge in [-0.3, -0.25) is 0 Å². The molecule has 0 aliphatic carbocycles. The summed E-state index contributed by atoms with van der Waals surface area (Å²) < 4.78 is 16.0. The van der Waals surface area contributed by atoms with Crippen molar-refractivity contribution in [3.05, 3.63) is 29.8 Å².